The first-order chi connectivity index (χ1) is 19.7. The minimum Gasteiger partial charge on any atom is -0.407 e. The second-order valence-electron chi connectivity index (χ2n) is 16.5. The molecule has 1 aromatic carbocycles. The van der Waals surface area contributed by atoms with Gasteiger partial charge in [-0.3, -0.25) is 4.79 Å². The smallest absolute Gasteiger partial charge is 0.407 e. The first-order valence-corrected chi connectivity index (χ1v) is 15.9. The summed E-state index contributed by atoms with van der Waals surface area (Å²) in [6.07, 6.45) is 8.07. The van der Waals surface area contributed by atoms with E-state index >= 15 is 0 Å². The number of carbonyl (C=O) groups is 1. The van der Waals surface area contributed by atoms with Crippen LogP contribution in [-0.4, -0.2) is 48.6 Å². The lowest BCUT2D eigenvalue weighted by atomic mass is 9.41. The van der Waals surface area contributed by atoms with Crippen LogP contribution in [0.5, 0.6) is 0 Å². The van der Waals surface area contributed by atoms with E-state index in [0.29, 0.717) is 45.4 Å². The molecule has 6 saturated carbocycles. The molecule has 2 aromatic rings. The van der Waals surface area contributed by atoms with E-state index in [-0.39, 0.29) is 33.0 Å². The molecule has 9 rings (SSSR count). The molecule has 7 aliphatic rings. The molecule has 226 valence electrons. The summed E-state index contributed by atoms with van der Waals surface area (Å²) in [7, 11) is -0.436. The number of anilines is 1. The average molecular weight is 578 g/mol. The summed E-state index contributed by atoms with van der Waals surface area (Å²) in [5.41, 5.74) is 0.498. The molecule has 7 fully saturated rings. The van der Waals surface area contributed by atoms with E-state index in [1.165, 1.54) is 0 Å². The second-order valence-corrected chi connectivity index (χ2v) is 16.5. The number of rotatable bonds is 7. The van der Waals surface area contributed by atoms with Gasteiger partial charge in [0.25, 0.3) is 0 Å². The zero-order valence-electron chi connectivity index (χ0n) is 25.9. The van der Waals surface area contributed by atoms with Gasteiger partial charge in [-0.15, -0.1) is 0 Å². The van der Waals surface area contributed by atoms with Gasteiger partial charge in [0.2, 0.25) is 11.8 Å². The van der Waals surface area contributed by atoms with Crippen molar-refractivity contribution in [1.82, 2.24) is 10.1 Å². The van der Waals surface area contributed by atoms with E-state index in [4.69, 9.17) is 18.8 Å². The van der Waals surface area contributed by atoms with Crippen molar-refractivity contribution >= 4 is 24.2 Å². The first kappa shape index (κ1) is 28.5. The van der Waals surface area contributed by atoms with Crippen LogP contribution >= 0.6 is 0 Å². The Labute approximate surface area is 249 Å². The highest BCUT2D eigenvalue weighted by Crippen LogP contribution is 2.71. The molecule has 2 heterocycles. The number of fused-ring (bicyclic) bond motifs is 3. The van der Waals surface area contributed by atoms with Crippen molar-refractivity contribution in [2.45, 2.75) is 115 Å². The largest absolute Gasteiger partial charge is 0.493 e. The van der Waals surface area contributed by atoms with Gasteiger partial charge >= 0.3 is 7.12 Å². The summed E-state index contributed by atoms with van der Waals surface area (Å²) in [6, 6.07) is 8.12. The number of hydrogen-bond donors (Lipinski definition) is 0. The van der Waals surface area contributed by atoms with Gasteiger partial charge in [0.05, 0.1) is 0 Å². The summed E-state index contributed by atoms with van der Waals surface area (Å²) in [4.78, 5) is 21.0. The highest BCUT2D eigenvalue weighted by atomic mass is 19.1. The lowest BCUT2D eigenvalue weighted by Gasteiger charge is -2.66. The number of halogens is 1. The van der Waals surface area contributed by atoms with Crippen molar-refractivity contribution in [3.8, 4) is 0 Å². The molecule has 6 aliphatic carbocycles. The van der Waals surface area contributed by atoms with Gasteiger partial charge in [0.15, 0.2) is 5.82 Å². The summed E-state index contributed by atoms with van der Waals surface area (Å²) in [6.45, 7) is 12.5. The van der Waals surface area contributed by atoms with Crippen LogP contribution in [0.25, 0.3) is 0 Å². The van der Waals surface area contributed by atoms with E-state index in [0.717, 1.165) is 61.4 Å². The molecule has 4 bridgehead atoms. The lowest BCUT2D eigenvalue weighted by Crippen LogP contribution is -2.65. The Kier molecular flexibility index (Phi) is 6.36. The number of nitrogens with zero attached hydrogens (tertiary/aromatic N) is 3. The Morgan fingerprint density at radius 1 is 1.00 bits per heavy atom. The summed E-state index contributed by atoms with van der Waals surface area (Å²) in [5.74, 6) is 1.67. The monoisotopic (exact) mass is 577 g/mol. The zero-order chi connectivity index (χ0) is 29.6. The van der Waals surface area contributed by atoms with Crippen LogP contribution in [0.3, 0.4) is 0 Å². The molecule has 0 N–H and O–H groups in total. The van der Waals surface area contributed by atoms with Gasteiger partial charge < -0.3 is 18.7 Å². The van der Waals surface area contributed by atoms with Gasteiger partial charge in [-0.1, -0.05) is 51.9 Å². The quantitative estimate of drug-likeness (QED) is 0.374. The number of amides is 1. The molecule has 1 aromatic heterocycles. The van der Waals surface area contributed by atoms with Crippen LogP contribution in [0.15, 0.2) is 28.8 Å². The first-order valence-electron chi connectivity index (χ1n) is 15.9. The van der Waals surface area contributed by atoms with Crippen molar-refractivity contribution < 1.29 is 23.0 Å². The number of carbonyl (C=O) groups excluding carboxylic acids is 1. The molecule has 1 aliphatic heterocycles. The molecule has 1 amide bonds. The third kappa shape index (κ3) is 4.92. The van der Waals surface area contributed by atoms with Crippen molar-refractivity contribution in [1.29, 1.82) is 0 Å². The van der Waals surface area contributed by atoms with Crippen LogP contribution in [0, 0.1) is 16.2 Å². The number of hydrogen-bond acceptors (Lipinski definition) is 6. The number of aromatic nitrogens is 2. The summed E-state index contributed by atoms with van der Waals surface area (Å²) < 4.78 is 32.4. The molecule has 0 atom stereocenters. The Morgan fingerprint density at radius 2 is 1.64 bits per heavy atom. The van der Waals surface area contributed by atoms with Crippen LogP contribution in [-0.2, 0) is 24.9 Å². The SMILES string of the molecule is CC1(C)COB(c2cccc(N(CC34CCC(c5nc(C(C)(C)C)no5)(CC3)CC4)C(=O)CC34CC(F)(C3)C4)c2)OC1. The minimum absolute atomic E-state index is 0.0154. The maximum Gasteiger partial charge on any atom is 0.493 e. The maximum atomic E-state index is 14.4. The van der Waals surface area contributed by atoms with E-state index in [1.807, 2.05) is 23.1 Å². The predicted octanol–water partition coefficient (Wildman–Crippen LogP) is 6.04. The van der Waals surface area contributed by atoms with Crippen molar-refractivity contribution in [2.24, 2.45) is 16.2 Å². The van der Waals surface area contributed by atoms with Gasteiger partial charge in [-0.25, -0.2) is 4.39 Å². The van der Waals surface area contributed by atoms with Crippen LogP contribution in [0.2, 0.25) is 0 Å². The Hall–Kier alpha value is -2.26. The van der Waals surface area contributed by atoms with E-state index in [1.54, 1.807) is 0 Å². The normalized spacial score (nSPS) is 35.0. The summed E-state index contributed by atoms with van der Waals surface area (Å²) >= 11 is 0. The topological polar surface area (TPSA) is 77.7 Å². The average Bonchev–Trinajstić information content (AvgIpc) is 3.44. The van der Waals surface area contributed by atoms with Crippen LogP contribution in [0.4, 0.5) is 10.1 Å². The fourth-order valence-electron chi connectivity index (χ4n) is 8.41. The molecule has 0 unspecified atom stereocenters. The Morgan fingerprint density at radius 3 is 2.21 bits per heavy atom. The second kappa shape index (κ2) is 9.37. The van der Waals surface area contributed by atoms with Gasteiger partial charge in [-0.2, -0.15) is 4.98 Å². The number of alkyl halides is 1. The molecule has 42 heavy (non-hydrogen) atoms. The fourth-order valence-corrected chi connectivity index (χ4v) is 8.41. The predicted molar refractivity (Wildman–Crippen MR) is 159 cm³/mol. The standard InChI is InChI=1S/C33H45BFN3O4/c1-28(2,3)26-36-27(42-37-26)32-12-9-30(10-13-32,11-14-32)20-38(25(39)16-31-17-33(35,18-31)19-31)24-8-6-7-23(15-24)34-40-21-29(4,5)22-41-34/h6-8,15H,9-14,16-22H2,1-5H3. The van der Waals surface area contributed by atoms with Crippen LogP contribution < -0.4 is 10.4 Å². The Balaban J connectivity index is 1.11. The third-order valence-corrected chi connectivity index (χ3v) is 11.1. The van der Waals surface area contributed by atoms with Crippen molar-refractivity contribution in [2.75, 3.05) is 24.7 Å². The fraction of sp³-hybridized carbons (Fsp3) is 0.727. The molecular weight excluding hydrogens is 532 g/mol. The molecule has 7 nitrogen and oxygen atoms in total. The van der Waals surface area contributed by atoms with Gasteiger partial charge in [-0.05, 0) is 86.2 Å². The third-order valence-electron chi connectivity index (χ3n) is 11.1. The van der Waals surface area contributed by atoms with E-state index < -0.39 is 12.8 Å². The van der Waals surface area contributed by atoms with E-state index in [2.05, 4.69) is 45.8 Å². The van der Waals surface area contributed by atoms with Crippen LogP contribution in [0.1, 0.15) is 111 Å². The summed E-state index contributed by atoms with van der Waals surface area (Å²) in [5, 5.41) is 4.33. The van der Waals surface area contributed by atoms with Crippen molar-refractivity contribution in [3.05, 3.63) is 36.0 Å². The zero-order valence-corrected chi connectivity index (χ0v) is 25.9. The highest BCUT2D eigenvalue weighted by molar-refractivity contribution is 6.61. The molecule has 1 saturated heterocycles. The molecule has 9 heteroatoms. The van der Waals surface area contributed by atoms with E-state index in [9.17, 15) is 9.18 Å². The molecular formula is C33H45BFN3O4. The van der Waals surface area contributed by atoms with Crippen molar-refractivity contribution in [3.63, 3.8) is 0 Å². The number of benzene rings is 1. The maximum absolute atomic E-state index is 14.4. The Bertz CT molecular complexity index is 1330. The highest BCUT2D eigenvalue weighted by Gasteiger charge is 2.69. The van der Waals surface area contributed by atoms with Gasteiger partial charge in [0, 0.05) is 48.1 Å². The molecule has 0 radical (unpaired) electrons. The van der Waals surface area contributed by atoms with Gasteiger partial charge in [0.1, 0.15) is 5.67 Å². The lowest BCUT2D eigenvalue weighted by molar-refractivity contribution is -0.215. The minimum atomic E-state index is -1.01. The molecule has 0 spiro atoms.